The first-order chi connectivity index (χ1) is 12.7. The van der Waals surface area contributed by atoms with Crippen LogP contribution in [0.3, 0.4) is 0 Å². The van der Waals surface area contributed by atoms with Gasteiger partial charge in [-0.25, -0.2) is 0 Å². The second-order valence-corrected chi connectivity index (χ2v) is 7.60. The molecule has 0 aliphatic carbocycles. The van der Waals surface area contributed by atoms with E-state index < -0.39 is 0 Å². The van der Waals surface area contributed by atoms with Gasteiger partial charge in [-0.05, 0) is 35.7 Å². The van der Waals surface area contributed by atoms with E-state index in [9.17, 15) is 4.79 Å². The van der Waals surface area contributed by atoms with Crippen molar-refractivity contribution in [1.82, 2.24) is 4.90 Å². The number of anilines is 1. The smallest absolute Gasteiger partial charge is 0.262 e. The fourth-order valence-corrected chi connectivity index (χ4v) is 3.92. The van der Waals surface area contributed by atoms with Gasteiger partial charge in [-0.15, -0.1) is 0 Å². The Hall–Kier alpha value is -1.98. The Balaban J connectivity index is 1.54. The summed E-state index contributed by atoms with van der Waals surface area (Å²) >= 11 is 2.00. The standard InChI is InChI=1S/C21H26N2O2S/c1-2-17-7-9-19(10-8-17)25-16-21(24)22-20-6-4-3-5-18(20)15-23-11-13-26-14-12-23/h3-10H,2,11-16H2,1H3,(H,22,24). The maximum absolute atomic E-state index is 12.3. The zero-order valence-electron chi connectivity index (χ0n) is 15.2. The van der Waals surface area contributed by atoms with Gasteiger partial charge >= 0.3 is 0 Å². The van der Waals surface area contributed by atoms with Gasteiger partial charge < -0.3 is 10.1 Å². The molecule has 3 rings (SSSR count). The van der Waals surface area contributed by atoms with Crippen LogP contribution in [0.5, 0.6) is 5.75 Å². The van der Waals surface area contributed by atoms with E-state index in [1.54, 1.807) is 0 Å². The summed E-state index contributed by atoms with van der Waals surface area (Å²) in [5.74, 6) is 2.95. The van der Waals surface area contributed by atoms with Crippen molar-refractivity contribution >= 4 is 23.4 Å². The number of benzene rings is 2. The highest BCUT2D eigenvalue weighted by atomic mass is 32.2. The molecule has 1 heterocycles. The summed E-state index contributed by atoms with van der Waals surface area (Å²) in [6, 6.07) is 15.9. The van der Waals surface area contributed by atoms with E-state index in [0.29, 0.717) is 0 Å². The monoisotopic (exact) mass is 370 g/mol. The largest absolute Gasteiger partial charge is 0.484 e. The molecule has 0 bridgehead atoms. The number of aryl methyl sites for hydroxylation is 1. The maximum atomic E-state index is 12.3. The van der Waals surface area contributed by atoms with Gasteiger partial charge in [0.2, 0.25) is 0 Å². The minimum Gasteiger partial charge on any atom is -0.484 e. The molecule has 0 atom stereocenters. The van der Waals surface area contributed by atoms with Crippen molar-refractivity contribution in [2.24, 2.45) is 0 Å². The van der Waals surface area contributed by atoms with Crippen molar-refractivity contribution in [2.45, 2.75) is 19.9 Å². The second-order valence-electron chi connectivity index (χ2n) is 6.38. The Morgan fingerprint density at radius 2 is 1.85 bits per heavy atom. The quantitative estimate of drug-likeness (QED) is 0.805. The Bertz CT molecular complexity index is 712. The maximum Gasteiger partial charge on any atom is 0.262 e. The number of amides is 1. The van der Waals surface area contributed by atoms with Crippen LogP contribution in [0, 0.1) is 0 Å². The van der Waals surface area contributed by atoms with Gasteiger partial charge in [0.1, 0.15) is 5.75 Å². The molecule has 1 fully saturated rings. The van der Waals surface area contributed by atoms with Crippen molar-refractivity contribution in [2.75, 3.05) is 36.5 Å². The summed E-state index contributed by atoms with van der Waals surface area (Å²) < 4.78 is 5.60. The molecule has 1 N–H and O–H groups in total. The highest BCUT2D eigenvalue weighted by Crippen LogP contribution is 2.20. The van der Waals surface area contributed by atoms with Crippen LogP contribution in [0.15, 0.2) is 48.5 Å². The molecule has 1 saturated heterocycles. The first kappa shape index (κ1) is 18.8. The average Bonchev–Trinajstić information content (AvgIpc) is 2.69. The van der Waals surface area contributed by atoms with Crippen molar-refractivity contribution < 1.29 is 9.53 Å². The van der Waals surface area contributed by atoms with E-state index in [1.807, 2.05) is 54.2 Å². The molecule has 4 nitrogen and oxygen atoms in total. The molecule has 138 valence electrons. The van der Waals surface area contributed by atoms with E-state index in [1.165, 1.54) is 17.1 Å². The fourth-order valence-electron chi connectivity index (χ4n) is 2.94. The van der Waals surface area contributed by atoms with E-state index in [4.69, 9.17) is 4.74 Å². The van der Waals surface area contributed by atoms with Gasteiger partial charge in [-0.2, -0.15) is 11.8 Å². The molecular formula is C21H26N2O2S. The van der Waals surface area contributed by atoms with Gasteiger partial charge in [-0.3, -0.25) is 9.69 Å². The third-order valence-electron chi connectivity index (χ3n) is 4.49. The summed E-state index contributed by atoms with van der Waals surface area (Å²) in [7, 11) is 0. The highest BCUT2D eigenvalue weighted by Gasteiger charge is 2.14. The minimum absolute atomic E-state index is 0.0140. The molecule has 2 aromatic rings. The third-order valence-corrected chi connectivity index (χ3v) is 5.43. The number of para-hydroxylation sites is 1. The summed E-state index contributed by atoms with van der Waals surface area (Å²) in [5, 5.41) is 3.00. The second kappa shape index (κ2) is 9.64. The Morgan fingerprint density at radius 3 is 2.58 bits per heavy atom. The van der Waals surface area contributed by atoms with Crippen molar-refractivity contribution in [3.8, 4) is 5.75 Å². The van der Waals surface area contributed by atoms with Crippen LogP contribution in [0.1, 0.15) is 18.1 Å². The lowest BCUT2D eigenvalue weighted by molar-refractivity contribution is -0.118. The van der Waals surface area contributed by atoms with Crippen molar-refractivity contribution in [1.29, 1.82) is 0 Å². The Labute approximate surface area is 159 Å². The van der Waals surface area contributed by atoms with Gasteiger partial charge in [-0.1, -0.05) is 37.3 Å². The van der Waals surface area contributed by atoms with Crippen LogP contribution in [0.4, 0.5) is 5.69 Å². The first-order valence-electron chi connectivity index (χ1n) is 9.14. The molecule has 1 aliphatic rings. The predicted molar refractivity (Wildman–Crippen MR) is 109 cm³/mol. The normalized spacial score (nSPS) is 14.8. The number of hydrogen-bond acceptors (Lipinski definition) is 4. The number of ether oxygens (including phenoxy) is 1. The lowest BCUT2D eigenvalue weighted by Gasteiger charge is -2.27. The number of carbonyl (C=O) groups excluding carboxylic acids is 1. The van der Waals surface area contributed by atoms with E-state index in [0.717, 1.165) is 43.1 Å². The highest BCUT2D eigenvalue weighted by molar-refractivity contribution is 7.99. The molecular weight excluding hydrogens is 344 g/mol. The topological polar surface area (TPSA) is 41.6 Å². The van der Waals surface area contributed by atoms with Crippen LogP contribution in [0.25, 0.3) is 0 Å². The lowest BCUT2D eigenvalue weighted by Crippen LogP contribution is -2.32. The molecule has 1 amide bonds. The number of thioether (sulfide) groups is 1. The summed E-state index contributed by atoms with van der Waals surface area (Å²) in [6.45, 7) is 5.20. The zero-order valence-corrected chi connectivity index (χ0v) is 16.1. The summed E-state index contributed by atoms with van der Waals surface area (Å²) in [6.07, 6.45) is 0.993. The number of carbonyl (C=O) groups is 1. The molecule has 0 aromatic heterocycles. The lowest BCUT2D eigenvalue weighted by atomic mass is 10.1. The summed E-state index contributed by atoms with van der Waals surface area (Å²) in [4.78, 5) is 14.7. The Morgan fingerprint density at radius 1 is 1.12 bits per heavy atom. The van der Waals surface area contributed by atoms with Crippen LogP contribution in [0.2, 0.25) is 0 Å². The number of rotatable bonds is 7. The van der Waals surface area contributed by atoms with Crippen LogP contribution >= 0.6 is 11.8 Å². The first-order valence-corrected chi connectivity index (χ1v) is 10.3. The summed E-state index contributed by atoms with van der Waals surface area (Å²) in [5.41, 5.74) is 3.28. The van der Waals surface area contributed by atoms with Gasteiger partial charge in [0.15, 0.2) is 6.61 Å². The van der Waals surface area contributed by atoms with Crippen LogP contribution in [-0.4, -0.2) is 42.0 Å². The van der Waals surface area contributed by atoms with Crippen LogP contribution in [-0.2, 0) is 17.8 Å². The minimum atomic E-state index is -0.133. The zero-order chi connectivity index (χ0) is 18.2. The average molecular weight is 371 g/mol. The molecule has 0 spiro atoms. The number of nitrogens with one attached hydrogen (secondary N) is 1. The Kier molecular flexibility index (Phi) is 6.97. The number of nitrogens with zero attached hydrogens (tertiary/aromatic N) is 1. The molecule has 0 saturated carbocycles. The third kappa shape index (κ3) is 5.51. The molecule has 0 radical (unpaired) electrons. The molecule has 26 heavy (non-hydrogen) atoms. The predicted octanol–water partition coefficient (Wildman–Crippen LogP) is 3.82. The van der Waals surface area contributed by atoms with E-state index in [-0.39, 0.29) is 12.5 Å². The van der Waals surface area contributed by atoms with Gasteiger partial charge in [0.25, 0.3) is 5.91 Å². The molecule has 0 unspecified atom stereocenters. The van der Waals surface area contributed by atoms with Gasteiger partial charge in [0.05, 0.1) is 0 Å². The van der Waals surface area contributed by atoms with Gasteiger partial charge in [0, 0.05) is 36.8 Å². The fraction of sp³-hybridized carbons (Fsp3) is 0.381. The molecule has 2 aromatic carbocycles. The SMILES string of the molecule is CCc1ccc(OCC(=O)Nc2ccccc2CN2CCSCC2)cc1. The van der Waals surface area contributed by atoms with Crippen molar-refractivity contribution in [3.63, 3.8) is 0 Å². The van der Waals surface area contributed by atoms with E-state index >= 15 is 0 Å². The van der Waals surface area contributed by atoms with Crippen molar-refractivity contribution in [3.05, 3.63) is 59.7 Å². The number of hydrogen-bond donors (Lipinski definition) is 1. The molecule has 5 heteroatoms. The molecule has 1 aliphatic heterocycles. The van der Waals surface area contributed by atoms with E-state index in [2.05, 4.69) is 23.2 Å². The van der Waals surface area contributed by atoms with Crippen LogP contribution < -0.4 is 10.1 Å².